The van der Waals surface area contributed by atoms with E-state index in [9.17, 15) is 19.3 Å². The molecule has 2 aliphatic rings. The molecule has 1 aromatic carbocycles. The van der Waals surface area contributed by atoms with Gasteiger partial charge in [-0.05, 0) is 50.3 Å². The lowest BCUT2D eigenvalue weighted by molar-refractivity contribution is -0.384. The molecule has 0 saturated heterocycles. The van der Waals surface area contributed by atoms with Crippen molar-refractivity contribution in [2.75, 3.05) is 26.7 Å². The molecule has 3 rings (SSSR count). The van der Waals surface area contributed by atoms with E-state index in [-0.39, 0.29) is 11.6 Å². The van der Waals surface area contributed by atoms with Crippen molar-refractivity contribution in [3.63, 3.8) is 0 Å². The standard InChI is InChI=1S/C22H24FN3O3/c1-4-24(3)13-12-22(2)15-25(20-7-5-6-17(23)14-19(20)22)21(27)16-8-10-18(11-9-16)26(28)29/h6-11,14H,4,12-13,15H2,1-3H3. The molecule has 0 bridgehead atoms. The normalized spacial score (nSPS) is 20.7. The van der Waals surface area contributed by atoms with Gasteiger partial charge in [0.25, 0.3) is 11.6 Å². The lowest BCUT2D eigenvalue weighted by Crippen LogP contribution is -2.34. The number of benzene rings is 1. The molecular formula is C22H24FN3O3. The van der Waals surface area contributed by atoms with E-state index in [0.717, 1.165) is 25.1 Å². The zero-order valence-electron chi connectivity index (χ0n) is 16.8. The topological polar surface area (TPSA) is 66.7 Å². The Hall–Kier alpha value is -3.02. The maximum atomic E-state index is 14.2. The highest BCUT2D eigenvalue weighted by Crippen LogP contribution is 2.44. The van der Waals surface area contributed by atoms with Crippen LogP contribution >= 0.6 is 0 Å². The second-order valence-electron chi connectivity index (χ2n) is 7.69. The summed E-state index contributed by atoms with van der Waals surface area (Å²) in [7, 11) is 2.03. The Kier molecular flexibility index (Phi) is 5.82. The summed E-state index contributed by atoms with van der Waals surface area (Å²) in [5.74, 6) is -0.667. The second kappa shape index (κ2) is 8.15. The van der Waals surface area contributed by atoms with Crippen LogP contribution in [-0.2, 0) is 0 Å². The molecule has 1 aliphatic heterocycles. The van der Waals surface area contributed by atoms with E-state index in [2.05, 4.69) is 17.6 Å². The number of nitro benzene ring substituents is 1. The summed E-state index contributed by atoms with van der Waals surface area (Å²) in [6.07, 6.45) is 5.14. The summed E-state index contributed by atoms with van der Waals surface area (Å²) in [4.78, 5) is 27.4. The average molecular weight is 397 g/mol. The van der Waals surface area contributed by atoms with Crippen LogP contribution in [0.2, 0.25) is 0 Å². The number of nitro groups is 1. The Morgan fingerprint density at radius 1 is 1.34 bits per heavy atom. The smallest absolute Gasteiger partial charge is 0.269 e. The van der Waals surface area contributed by atoms with Gasteiger partial charge in [-0.3, -0.25) is 14.9 Å². The van der Waals surface area contributed by atoms with Crippen molar-refractivity contribution >= 4 is 11.6 Å². The van der Waals surface area contributed by atoms with E-state index >= 15 is 0 Å². The van der Waals surface area contributed by atoms with Gasteiger partial charge >= 0.3 is 0 Å². The van der Waals surface area contributed by atoms with Crippen molar-refractivity contribution in [1.82, 2.24) is 9.80 Å². The molecule has 0 spiro atoms. The summed E-state index contributed by atoms with van der Waals surface area (Å²) < 4.78 is 14.2. The Morgan fingerprint density at radius 2 is 2.03 bits per heavy atom. The molecule has 1 atom stereocenters. The van der Waals surface area contributed by atoms with Gasteiger partial charge in [-0.2, -0.15) is 0 Å². The summed E-state index contributed by atoms with van der Waals surface area (Å²) in [6, 6.07) is 5.54. The van der Waals surface area contributed by atoms with Crippen LogP contribution in [0.1, 0.15) is 30.6 Å². The van der Waals surface area contributed by atoms with E-state index < -0.39 is 16.2 Å². The third-order valence-electron chi connectivity index (χ3n) is 5.60. The molecule has 29 heavy (non-hydrogen) atoms. The number of rotatable bonds is 6. The highest BCUT2D eigenvalue weighted by molar-refractivity contribution is 5.96. The summed E-state index contributed by atoms with van der Waals surface area (Å²) in [6.45, 7) is 6.24. The highest BCUT2D eigenvalue weighted by atomic mass is 19.1. The van der Waals surface area contributed by atoms with Crippen molar-refractivity contribution in [2.45, 2.75) is 20.3 Å². The van der Waals surface area contributed by atoms with Gasteiger partial charge in [-0.15, -0.1) is 5.73 Å². The molecule has 1 heterocycles. The second-order valence-corrected chi connectivity index (χ2v) is 7.69. The minimum absolute atomic E-state index is 0.0717. The minimum atomic E-state index is -0.502. The minimum Gasteiger partial charge on any atom is -0.307 e. The molecule has 1 unspecified atom stereocenters. The van der Waals surface area contributed by atoms with E-state index in [0.29, 0.717) is 17.8 Å². The molecule has 0 radical (unpaired) electrons. The van der Waals surface area contributed by atoms with Gasteiger partial charge in [0.1, 0.15) is 5.83 Å². The van der Waals surface area contributed by atoms with Gasteiger partial charge < -0.3 is 9.80 Å². The molecule has 1 amide bonds. The first kappa shape index (κ1) is 20.7. The first-order valence-corrected chi connectivity index (χ1v) is 9.54. The van der Waals surface area contributed by atoms with Crippen molar-refractivity contribution in [1.29, 1.82) is 0 Å². The van der Waals surface area contributed by atoms with Gasteiger partial charge in [-0.25, -0.2) is 4.39 Å². The maximum Gasteiger partial charge on any atom is 0.269 e. The number of non-ortho nitro benzene ring substituents is 1. The first-order valence-electron chi connectivity index (χ1n) is 9.54. The monoisotopic (exact) mass is 397 g/mol. The number of carbonyl (C=O) groups excluding carboxylic acids is 1. The fourth-order valence-corrected chi connectivity index (χ4v) is 3.63. The molecule has 1 aliphatic carbocycles. The zero-order valence-corrected chi connectivity index (χ0v) is 16.8. The van der Waals surface area contributed by atoms with Crippen LogP contribution in [0, 0.1) is 15.5 Å². The average Bonchev–Trinajstić information content (AvgIpc) is 2.84. The van der Waals surface area contributed by atoms with E-state index in [1.54, 1.807) is 11.0 Å². The maximum absolute atomic E-state index is 14.2. The van der Waals surface area contributed by atoms with Crippen LogP contribution in [0.4, 0.5) is 10.1 Å². The third kappa shape index (κ3) is 4.21. The Balaban J connectivity index is 1.96. The van der Waals surface area contributed by atoms with Gasteiger partial charge in [-0.1, -0.05) is 13.8 Å². The highest BCUT2D eigenvalue weighted by Gasteiger charge is 2.42. The third-order valence-corrected chi connectivity index (χ3v) is 5.60. The predicted octanol–water partition coefficient (Wildman–Crippen LogP) is 4.23. The zero-order chi connectivity index (χ0) is 21.2. The van der Waals surface area contributed by atoms with Crippen LogP contribution in [0.25, 0.3) is 0 Å². The molecule has 7 heteroatoms. The number of halogens is 1. The number of amides is 1. The predicted molar refractivity (Wildman–Crippen MR) is 109 cm³/mol. The largest absolute Gasteiger partial charge is 0.307 e. The molecule has 152 valence electrons. The molecule has 0 fully saturated rings. The van der Waals surface area contributed by atoms with Crippen molar-refractivity contribution in [2.24, 2.45) is 5.41 Å². The quantitative estimate of drug-likeness (QED) is 0.409. The Labute approximate surface area is 169 Å². The SMILES string of the molecule is CCN(C)CCC1(C)CN(C(=O)c2ccc([N+](=O)[O-])cc2)C2=C1C=C(F)C=C=C2. The van der Waals surface area contributed by atoms with E-state index in [1.165, 1.54) is 36.4 Å². The fraction of sp³-hybridized carbons (Fsp3) is 0.364. The Morgan fingerprint density at radius 3 is 2.66 bits per heavy atom. The van der Waals surface area contributed by atoms with Crippen LogP contribution in [0.15, 0.2) is 65.3 Å². The van der Waals surface area contributed by atoms with Crippen LogP contribution in [0.3, 0.4) is 0 Å². The Bertz CT molecular complexity index is 958. The van der Waals surface area contributed by atoms with Crippen LogP contribution < -0.4 is 0 Å². The fourth-order valence-electron chi connectivity index (χ4n) is 3.63. The molecule has 0 saturated carbocycles. The van der Waals surface area contributed by atoms with Crippen molar-refractivity contribution < 1.29 is 14.1 Å². The summed E-state index contributed by atoms with van der Waals surface area (Å²) in [5, 5.41) is 10.9. The van der Waals surface area contributed by atoms with Crippen molar-refractivity contribution in [3.8, 4) is 0 Å². The van der Waals surface area contributed by atoms with Gasteiger partial charge in [0.05, 0.1) is 10.6 Å². The lowest BCUT2D eigenvalue weighted by atomic mass is 9.80. The van der Waals surface area contributed by atoms with Gasteiger partial charge in [0.15, 0.2) is 0 Å². The van der Waals surface area contributed by atoms with Crippen LogP contribution in [0.5, 0.6) is 0 Å². The number of hydrogen-bond acceptors (Lipinski definition) is 4. The first-order chi connectivity index (χ1) is 13.7. The summed E-state index contributed by atoms with van der Waals surface area (Å²) in [5.41, 5.74) is 4.06. The number of carbonyl (C=O) groups is 1. The van der Waals surface area contributed by atoms with Gasteiger partial charge in [0.2, 0.25) is 0 Å². The molecule has 0 aromatic heterocycles. The van der Waals surface area contributed by atoms with E-state index in [1.807, 2.05) is 14.0 Å². The van der Waals surface area contributed by atoms with Crippen molar-refractivity contribution in [3.05, 3.63) is 81.0 Å². The number of hydrogen-bond donors (Lipinski definition) is 0. The molecule has 6 nitrogen and oxygen atoms in total. The lowest BCUT2D eigenvalue weighted by Gasteiger charge is -2.29. The van der Waals surface area contributed by atoms with Gasteiger partial charge in [0, 0.05) is 41.8 Å². The number of nitrogens with zero attached hydrogens (tertiary/aromatic N) is 3. The molecular weight excluding hydrogens is 373 g/mol. The van der Waals surface area contributed by atoms with Crippen LogP contribution in [-0.4, -0.2) is 47.3 Å². The molecule has 0 N–H and O–H groups in total. The number of allylic oxidation sites excluding steroid dienone is 3. The molecule has 1 aromatic rings. The summed E-state index contributed by atoms with van der Waals surface area (Å²) >= 11 is 0. The van der Waals surface area contributed by atoms with E-state index in [4.69, 9.17) is 0 Å².